The zero-order chi connectivity index (χ0) is 22.7. The number of ether oxygens (including phenoxy) is 1. The number of anilines is 1. The Bertz CT molecular complexity index is 1270. The molecule has 0 radical (unpaired) electrons. The van der Waals surface area contributed by atoms with Gasteiger partial charge in [-0.25, -0.2) is 4.68 Å². The van der Waals surface area contributed by atoms with Crippen LogP contribution in [0.5, 0.6) is 5.75 Å². The van der Waals surface area contributed by atoms with E-state index in [1.807, 2.05) is 54.9 Å². The largest absolute Gasteiger partial charge is 0.471 e. The number of nitrogens with zero attached hydrogens (tertiary/aromatic N) is 4. The van der Waals surface area contributed by atoms with Gasteiger partial charge in [-0.2, -0.15) is 10.2 Å². The van der Waals surface area contributed by atoms with Crippen molar-refractivity contribution in [2.24, 2.45) is 0 Å². The Morgan fingerprint density at radius 1 is 1.06 bits per heavy atom. The molecule has 1 N–H and O–H groups in total. The van der Waals surface area contributed by atoms with Crippen molar-refractivity contribution in [3.8, 4) is 5.75 Å². The van der Waals surface area contributed by atoms with Crippen LogP contribution in [-0.2, 0) is 13.3 Å². The molecule has 9 heteroatoms. The molecule has 2 aromatic carbocycles. The quantitative estimate of drug-likeness (QED) is 0.396. The molecule has 0 bridgehead atoms. The van der Waals surface area contributed by atoms with Gasteiger partial charge >= 0.3 is 0 Å². The molecule has 1 amide bonds. The predicted molar refractivity (Wildman–Crippen MR) is 125 cm³/mol. The molecule has 164 valence electrons. The SMILES string of the molecule is Cc1cc(OCn2ccc(C(=O)Nc3cc(C)n(Cc4cccc(Cl)c4)n3)n2)ccc1Cl. The van der Waals surface area contributed by atoms with Crippen LogP contribution in [0.25, 0.3) is 0 Å². The van der Waals surface area contributed by atoms with Crippen molar-refractivity contribution in [1.29, 1.82) is 0 Å². The molecule has 0 unspecified atom stereocenters. The van der Waals surface area contributed by atoms with E-state index < -0.39 is 0 Å². The minimum absolute atomic E-state index is 0.168. The summed E-state index contributed by atoms with van der Waals surface area (Å²) < 4.78 is 9.06. The van der Waals surface area contributed by atoms with Gasteiger partial charge in [-0.05, 0) is 61.4 Å². The number of carbonyl (C=O) groups is 1. The lowest BCUT2D eigenvalue weighted by Crippen LogP contribution is -2.15. The lowest BCUT2D eigenvalue weighted by atomic mass is 10.2. The Kier molecular flexibility index (Phi) is 6.48. The van der Waals surface area contributed by atoms with Gasteiger partial charge in [0, 0.05) is 28.0 Å². The van der Waals surface area contributed by atoms with E-state index in [9.17, 15) is 4.79 Å². The average Bonchev–Trinajstić information content (AvgIpc) is 3.36. The third-order valence-electron chi connectivity index (χ3n) is 4.81. The standard InChI is InChI=1S/C23H21Cl2N5O2/c1-15-10-19(6-7-20(15)25)32-14-29-9-8-21(27-29)23(31)26-22-11-16(2)30(28-22)13-17-4-3-5-18(24)12-17/h3-12H,13-14H2,1-2H3,(H,26,28,31). The van der Waals surface area contributed by atoms with Crippen LogP contribution in [0.15, 0.2) is 60.8 Å². The third-order valence-corrected chi connectivity index (χ3v) is 5.47. The molecule has 4 aromatic rings. The summed E-state index contributed by atoms with van der Waals surface area (Å²) in [6.07, 6.45) is 1.68. The Balaban J connectivity index is 1.37. The Hall–Kier alpha value is -3.29. The van der Waals surface area contributed by atoms with Crippen LogP contribution >= 0.6 is 23.2 Å². The molecular formula is C23H21Cl2N5O2. The summed E-state index contributed by atoms with van der Waals surface area (Å²) in [5.41, 5.74) is 3.13. The topological polar surface area (TPSA) is 74.0 Å². The van der Waals surface area contributed by atoms with Gasteiger partial charge in [0.25, 0.3) is 5.91 Å². The molecule has 0 saturated carbocycles. The molecule has 0 spiro atoms. The number of rotatable bonds is 7. The van der Waals surface area contributed by atoms with Crippen LogP contribution in [0.3, 0.4) is 0 Å². The third kappa shape index (κ3) is 5.30. The van der Waals surface area contributed by atoms with Crippen molar-refractivity contribution in [3.05, 3.63) is 93.4 Å². The number of benzene rings is 2. The van der Waals surface area contributed by atoms with E-state index in [2.05, 4.69) is 15.5 Å². The van der Waals surface area contributed by atoms with E-state index in [4.69, 9.17) is 27.9 Å². The summed E-state index contributed by atoms with van der Waals surface area (Å²) in [4.78, 5) is 12.6. The predicted octanol–water partition coefficient (Wildman–Crippen LogP) is 5.34. The van der Waals surface area contributed by atoms with Crippen molar-refractivity contribution < 1.29 is 9.53 Å². The number of aryl methyl sites for hydroxylation is 2. The van der Waals surface area contributed by atoms with Gasteiger partial charge in [-0.15, -0.1) is 0 Å². The molecule has 0 saturated heterocycles. The minimum atomic E-state index is -0.349. The van der Waals surface area contributed by atoms with E-state index in [0.717, 1.165) is 16.8 Å². The van der Waals surface area contributed by atoms with Gasteiger partial charge in [-0.3, -0.25) is 9.48 Å². The summed E-state index contributed by atoms with van der Waals surface area (Å²) in [5.74, 6) is 0.782. The van der Waals surface area contributed by atoms with Gasteiger partial charge in [0.2, 0.25) is 0 Å². The van der Waals surface area contributed by atoms with E-state index in [0.29, 0.717) is 28.2 Å². The number of carbonyl (C=O) groups excluding carboxylic acids is 1. The summed E-state index contributed by atoms with van der Waals surface area (Å²) in [6, 6.07) is 16.4. The molecule has 2 aromatic heterocycles. The first kappa shape index (κ1) is 21.9. The van der Waals surface area contributed by atoms with Crippen molar-refractivity contribution >= 4 is 34.9 Å². The van der Waals surface area contributed by atoms with Gasteiger partial charge < -0.3 is 10.1 Å². The second-order valence-electron chi connectivity index (χ2n) is 7.34. The van der Waals surface area contributed by atoms with E-state index >= 15 is 0 Å². The van der Waals surface area contributed by atoms with Crippen LogP contribution in [-0.4, -0.2) is 25.5 Å². The summed E-state index contributed by atoms with van der Waals surface area (Å²) in [6.45, 7) is 4.56. The maximum Gasteiger partial charge on any atom is 0.277 e. The fraction of sp³-hybridized carbons (Fsp3) is 0.174. The maximum atomic E-state index is 12.6. The molecule has 0 aliphatic carbocycles. The maximum absolute atomic E-state index is 12.6. The fourth-order valence-electron chi connectivity index (χ4n) is 3.12. The number of aromatic nitrogens is 4. The molecule has 0 aliphatic heterocycles. The van der Waals surface area contributed by atoms with E-state index in [-0.39, 0.29) is 18.3 Å². The first-order valence-electron chi connectivity index (χ1n) is 9.90. The molecule has 2 heterocycles. The number of amides is 1. The second kappa shape index (κ2) is 9.46. The van der Waals surface area contributed by atoms with Crippen molar-refractivity contribution in [2.45, 2.75) is 27.1 Å². The van der Waals surface area contributed by atoms with Crippen molar-refractivity contribution in [3.63, 3.8) is 0 Å². The Morgan fingerprint density at radius 3 is 2.69 bits per heavy atom. The number of nitrogens with one attached hydrogen (secondary N) is 1. The number of halogens is 2. The Labute approximate surface area is 195 Å². The smallest absolute Gasteiger partial charge is 0.277 e. The van der Waals surface area contributed by atoms with E-state index in [1.54, 1.807) is 29.1 Å². The van der Waals surface area contributed by atoms with Crippen LogP contribution < -0.4 is 10.1 Å². The van der Waals surface area contributed by atoms with Crippen LogP contribution in [0, 0.1) is 13.8 Å². The van der Waals surface area contributed by atoms with Crippen molar-refractivity contribution in [2.75, 3.05) is 5.32 Å². The number of hydrogen-bond acceptors (Lipinski definition) is 4. The summed E-state index contributed by atoms with van der Waals surface area (Å²) >= 11 is 12.1. The molecule has 0 fully saturated rings. The minimum Gasteiger partial charge on any atom is -0.471 e. The van der Waals surface area contributed by atoms with Gasteiger partial charge in [0.05, 0.1) is 6.54 Å². The fourth-order valence-corrected chi connectivity index (χ4v) is 3.45. The monoisotopic (exact) mass is 469 g/mol. The number of hydrogen-bond donors (Lipinski definition) is 1. The zero-order valence-corrected chi connectivity index (χ0v) is 19.1. The van der Waals surface area contributed by atoms with Gasteiger partial charge in [-0.1, -0.05) is 35.3 Å². The van der Waals surface area contributed by atoms with Gasteiger partial charge in [0.15, 0.2) is 18.2 Å². The summed E-state index contributed by atoms with van der Waals surface area (Å²) in [5, 5.41) is 12.9. The first-order chi connectivity index (χ1) is 15.4. The normalized spacial score (nSPS) is 10.9. The van der Waals surface area contributed by atoms with Gasteiger partial charge in [0.1, 0.15) is 5.75 Å². The average molecular weight is 470 g/mol. The van der Waals surface area contributed by atoms with Crippen LogP contribution in [0.4, 0.5) is 5.82 Å². The highest BCUT2D eigenvalue weighted by molar-refractivity contribution is 6.31. The highest BCUT2D eigenvalue weighted by Crippen LogP contribution is 2.21. The highest BCUT2D eigenvalue weighted by atomic mass is 35.5. The second-order valence-corrected chi connectivity index (χ2v) is 8.18. The molecule has 0 atom stereocenters. The first-order valence-corrected chi connectivity index (χ1v) is 10.7. The Morgan fingerprint density at radius 2 is 1.91 bits per heavy atom. The molecular weight excluding hydrogens is 449 g/mol. The molecule has 0 aliphatic rings. The summed E-state index contributed by atoms with van der Waals surface area (Å²) in [7, 11) is 0. The van der Waals surface area contributed by atoms with Crippen molar-refractivity contribution in [1.82, 2.24) is 19.6 Å². The van der Waals surface area contributed by atoms with E-state index in [1.165, 1.54) is 0 Å². The zero-order valence-electron chi connectivity index (χ0n) is 17.5. The molecule has 4 rings (SSSR count). The lowest BCUT2D eigenvalue weighted by Gasteiger charge is -2.07. The molecule has 7 nitrogen and oxygen atoms in total. The highest BCUT2D eigenvalue weighted by Gasteiger charge is 2.13. The van der Waals surface area contributed by atoms with Crippen LogP contribution in [0.2, 0.25) is 10.0 Å². The molecule has 32 heavy (non-hydrogen) atoms. The lowest BCUT2D eigenvalue weighted by molar-refractivity contribution is 0.101. The van der Waals surface area contributed by atoms with Crippen LogP contribution in [0.1, 0.15) is 27.3 Å².